The van der Waals surface area contributed by atoms with Gasteiger partial charge in [-0.25, -0.2) is 0 Å². The van der Waals surface area contributed by atoms with Crippen LogP contribution in [0.1, 0.15) is 6.92 Å². The molecule has 0 aliphatic heterocycles. The summed E-state index contributed by atoms with van der Waals surface area (Å²) in [5.74, 6) is 0.148. The van der Waals surface area contributed by atoms with Gasteiger partial charge in [-0.3, -0.25) is 0 Å². The zero-order valence-corrected chi connectivity index (χ0v) is 9.94. The van der Waals surface area contributed by atoms with E-state index in [4.69, 9.17) is 34.0 Å². The average molecular weight is 249 g/mol. The molecule has 0 spiro atoms. The Labute approximate surface area is 99.2 Å². The molecule has 0 aromatic heterocycles. The minimum Gasteiger partial charge on any atom is -0.399 e. The summed E-state index contributed by atoms with van der Waals surface area (Å²) in [4.78, 5) is 0. The zero-order chi connectivity index (χ0) is 11.4. The molecule has 0 bridgehead atoms. The second-order valence-corrected chi connectivity index (χ2v) is 4.34. The predicted octanol–water partition coefficient (Wildman–Crippen LogP) is 2.62. The fourth-order valence-electron chi connectivity index (χ4n) is 1.10. The summed E-state index contributed by atoms with van der Waals surface area (Å²) in [5, 5.41) is 12.9. The van der Waals surface area contributed by atoms with E-state index in [2.05, 4.69) is 5.32 Å². The van der Waals surface area contributed by atoms with Crippen LogP contribution in [-0.2, 0) is 0 Å². The summed E-state index contributed by atoms with van der Waals surface area (Å²) >= 11 is 11.9. The van der Waals surface area contributed by atoms with E-state index >= 15 is 0 Å². The number of nitrogens with one attached hydrogen (secondary N) is 1. The Morgan fingerprint density at radius 1 is 1.40 bits per heavy atom. The molecule has 0 aliphatic rings. The van der Waals surface area contributed by atoms with Crippen LogP contribution in [0.25, 0.3) is 0 Å². The number of aliphatic hydroxyl groups excluding tert-OH is 1. The number of hydrogen-bond acceptors (Lipinski definition) is 3. The van der Waals surface area contributed by atoms with Gasteiger partial charge in [-0.05, 0) is 18.1 Å². The van der Waals surface area contributed by atoms with Crippen molar-refractivity contribution in [3.8, 4) is 0 Å². The maximum atomic E-state index is 8.87. The molecule has 0 saturated carbocycles. The molecular weight excluding hydrogens is 235 g/mol. The monoisotopic (exact) mass is 248 g/mol. The molecule has 84 valence electrons. The summed E-state index contributed by atoms with van der Waals surface area (Å²) in [7, 11) is 0. The molecule has 0 fully saturated rings. The van der Waals surface area contributed by atoms with Crippen molar-refractivity contribution in [2.45, 2.75) is 6.92 Å². The lowest BCUT2D eigenvalue weighted by atomic mass is 10.2. The van der Waals surface area contributed by atoms with E-state index in [0.717, 1.165) is 0 Å². The lowest BCUT2D eigenvalue weighted by Crippen LogP contribution is -2.15. The van der Waals surface area contributed by atoms with Crippen molar-refractivity contribution in [3.63, 3.8) is 0 Å². The lowest BCUT2D eigenvalue weighted by Gasteiger charge is -2.14. The average Bonchev–Trinajstić information content (AvgIpc) is 2.15. The van der Waals surface area contributed by atoms with E-state index in [-0.39, 0.29) is 12.5 Å². The normalized spacial score (nSPS) is 12.5. The first-order chi connectivity index (χ1) is 7.04. The molecule has 0 radical (unpaired) electrons. The quantitative estimate of drug-likeness (QED) is 0.719. The molecule has 1 aromatic rings. The minimum atomic E-state index is 0.122. The highest BCUT2D eigenvalue weighted by Crippen LogP contribution is 2.32. The fraction of sp³-hybridized carbons (Fsp3) is 0.400. The zero-order valence-electron chi connectivity index (χ0n) is 8.43. The van der Waals surface area contributed by atoms with Gasteiger partial charge in [0.25, 0.3) is 0 Å². The van der Waals surface area contributed by atoms with Gasteiger partial charge in [0.15, 0.2) is 0 Å². The molecule has 1 aromatic carbocycles. The highest BCUT2D eigenvalue weighted by Gasteiger charge is 2.08. The second-order valence-electron chi connectivity index (χ2n) is 3.53. The van der Waals surface area contributed by atoms with Crippen LogP contribution in [0.15, 0.2) is 12.1 Å². The number of nitrogen functional groups attached to an aromatic ring is 1. The molecule has 1 unspecified atom stereocenters. The summed E-state index contributed by atoms with van der Waals surface area (Å²) in [5.41, 5.74) is 6.77. The molecule has 0 heterocycles. The van der Waals surface area contributed by atoms with Gasteiger partial charge < -0.3 is 16.2 Å². The SMILES string of the molecule is CC(CO)CNc1c(Cl)cc(N)cc1Cl. The molecule has 3 nitrogen and oxygen atoms in total. The van der Waals surface area contributed by atoms with Gasteiger partial charge in [0.05, 0.1) is 15.7 Å². The number of halogens is 2. The maximum Gasteiger partial charge on any atom is 0.0720 e. The van der Waals surface area contributed by atoms with Gasteiger partial charge in [0.2, 0.25) is 0 Å². The first-order valence-corrected chi connectivity index (χ1v) is 5.39. The van der Waals surface area contributed by atoms with Crippen LogP contribution in [-0.4, -0.2) is 18.3 Å². The molecule has 0 saturated heterocycles. The Balaban J connectivity index is 2.77. The highest BCUT2D eigenvalue weighted by molar-refractivity contribution is 6.39. The Kier molecular flexibility index (Phi) is 4.51. The largest absolute Gasteiger partial charge is 0.399 e. The van der Waals surface area contributed by atoms with Crippen LogP contribution >= 0.6 is 23.2 Å². The van der Waals surface area contributed by atoms with Crippen LogP contribution in [0.5, 0.6) is 0 Å². The van der Waals surface area contributed by atoms with Crippen LogP contribution in [0.2, 0.25) is 10.0 Å². The Morgan fingerprint density at radius 3 is 2.40 bits per heavy atom. The van der Waals surface area contributed by atoms with E-state index in [1.807, 2.05) is 6.92 Å². The van der Waals surface area contributed by atoms with Crippen molar-refractivity contribution in [2.24, 2.45) is 5.92 Å². The third kappa shape index (κ3) is 3.45. The van der Waals surface area contributed by atoms with Gasteiger partial charge in [-0.1, -0.05) is 30.1 Å². The van der Waals surface area contributed by atoms with Crippen molar-refractivity contribution >= 4 is 34.6 Å². The third-order valence-electron chi connectivity index (χ3n) is 2.00. The van der Waals surface area contributed by atoms with Crippen LogP contribution < -0.4 is 11.1 Å². The topological polar surface area (TPSA) is 58.3 Å². The second kappa shape index (κ2) is 5.45. The van der Waals surface area contributed by atoms with Crippen LogP contribution in [0.3, 0.4) is 0 Å². The maximum absolute atomic E-state index is 8.87. The Morgan fingerprint density at radius 2 is 1.93 bits per heavy atom. The van der Waals surface area contributed by atoms with Crippen molar-refractivity contribution in [2.75, 3.05) is 24.2 Å². The van der Waals surface area contributed by atoms with Crippen molar-refractivity contribution in [3.05, 3.63) is 22.2 Å². The summed E-state index contributed by atoms with van der Waals surface area (Å²) in [6.45, 7) is 2.66. The molecule has 0 amide bonds. The molecular formula is C10H14Cl2N2O. The molecule has 1 rings (SSSR count). The molecule has 15 heavy (non-hydrogen) atoms. The van der Waals surface area contributed by atoms with Gasteiger partial charge in [-0.15, -0.1) is 0 Å². The molecule has 4 N–H and O–H groups in total. The van der Waals surface area contributed by atoms with Gasteiger partial charge in [0.1, 0.15) is 0 Å². The molecule has 5 heteroatoms. The lowest BCUT2D eigenvalue weighted by molar-refractivity contribution is 0.244. The summed E-state index contributed by atoms with van der Waals surface area (Å²) in [6, 6.07) is 3.28. The summed E-state index contributed by atoms with van der Waals surface area (Å²) in [6.07, 6.45) is 0. The van der Waals surface area contributed by atoms with Gasteiger partial charge in [-0.2, -0.15) is 0 Å². The van der Waals surface area contributed by atoms with Gasteiger partial charge >= 0.3 is 0 Å². The summed E-state index contributed by atoms with van der Waals surface area (Å²) < 4.78 is 0. The Bertz CT molecular complexity index is 321. The van der Waals surface area contributed by atoms with E-state index in [9.17, 15) is 0 Å². The Hall–Kier alpha value is -0.640. The van der Waals surface area contributed by atoms with Crippen LogP contribution in [0, 0.1) is 5.92 Å². The number of rotatable bonds is 4. The fourth-order valence-corrected chi connectivity index (χ4v) is 1.74. The van der Waals surface area contributed by atoms with E-state index < -0.39 is 0 Å². The third-order valence-corrected chi connectivity index (χ3v) is 2.60. The predicted molar refractivity (Wildman–Crippen MR) is 65.6 cm³/mol. The van der Waals surface area contributed by atoms with E-state index in [1.165, 1.54) is 0 Å². The standard InChI is InChI=1S/C10H14Cl2N2O/c1-6(5-15)4-14-10-8(11)2-7(13)3-9(10)12/h2-3,6,14-15H,4-5,13H2,1H3. The number of hydrogen-bond donors (Lipinski definition) is 3. The van der Waals surface area contributed by atoms with Crippen molar-refractivity contribution < 1.29 is 5.11 Å². The highest BCUT2D eigenvalue weighted by atomic mass is 35.5. The minimum absolute atomic E-state index is 0.122. The van der Waals surface area contributed by atoms with Crippen molar-refractivity contribution in [1.29, 1.82) is 0 Å². The number of aliphatic hydroxyl groups is 1. The van der Waals surface area contributed by atoms with E-state index in [1.54, 1.807) is 12.1 Å². The smallest absolute Gasteiger partial charge is 0.0720 e. The first-order valence-electron chi connectivity index (χ1n) is 4.63. The molecule has 1 atom stereocenters. The number of anilines is 2. The first kappa shape index (κ1) is 12.4. The van der Waals surface area contributed by atoms with Gasteiger partial charge in [0, 0.05) is 18.8 Å². The number of nitrogens with two attached hydrogens (primary N) is 1. The van der Waals surface area contributed by atoms with E-state index in [0.29, 0.717) is 28.0 Å². The molecule has 0 aliphatic carbocycles. The van der Waals surface area contributed by atoms with Crippen LogP contribution in [0.4, 0.5) is 11.4 Å². The number of benzene rings is 1. The van der Waals surface area contributed by atoms with Crippen molar-refractivity contribution in [1.82, 2.24) is 0 Å².